The van der Waals surface area contributed by atoms with E-state index in [1.54, 1.807) is 0 Å². The van der Waals surface area contributed by atoms with E-state index < -0.39 is 4.92 Å². The smallest absolute Gasteiger partial charge is 0.775 e. The van der Waals surface area contributed by atoms with Crippen LogP contribution in [0.2, 0.25) is 0 Å². The number of hydrogen-bond acceptors (Lipinski definition) is 5. The molecule has 0 amide bonds. The molecule has 0 saturated carbocycles. The average molecular weight is 189 g/mol. The number of nitro benzene ring substituents is 1. The Kier molecular flexibility index (Phi) is 5.20. The van der Waals surface area contributed by atoms with E-state index in [9.17, 15) is 15.3 Å². The number of benzene rings is 1. The SMILES string of the molecule is O=[N+]([O-])c1ccc(N=N[O-])cc1.[Na+]. The summed E-state index contributed by atoms with van der Waals surface area (Å²) in [5, 5.41) is 25.2. The van der Waals surface area contributed by atoms with E-state index in [1.807, 2.05) is 0 Å². The van der Waals surface area contributed by atoms with Crippen LogP contribution in [0.15, 0.2) is 34.7 Å². The molecule has 6 nitrogen and oxygen atoms in total. The Morgan fingerprint density at radius 3 is 2.15 bits per heavy atom. The first kappa shape index (κ1) is 12.0. The minimum Gasteiger partial charge on any atom is -0.775 e. The van der Waals surface area contributed by atoms with Crippen molar-refractivity contribution in [2.24, 2.45) is 10.4 Å². The molecule has 0 N–H and O–H groups in total. The number of nitro groups is 1. The molecule has 0 fully saturated rings. The van der Waals surface area contributed by atoms with Gasteiger partial charge in [-0.1, -0.05) is 0 Å². The van der Waals surface area contributed by atoms with Crippen molar-refractivity contribution >= 4 is 11.4 Å². The van der Waals surface area contributed by atoms with Crippen LogP contribution in [0.1, 0.15) is 0 Å². The summed E-state index contributed by atoms with van der Waals surface area (Å²) in [4.78, 5) is 9.63. The third-order valence-corrected chi connectivity index (χ3v) is 1.22. The Bertz CT molecular complexity index is 311. The fourth-order valence-corrected chi connectivity index (χ4v) is 0.688. The second-order valence-corrected chi connectivity index (χ2v) is 1.96. The van der Waals surface area contributed by atoms with Gasteiger partial charge in [-0.25, -0.2) is 5.28 Å². The Balaban J connectivity index is 0.00000144. The molecule has 0 spiro atoms. The number of nitrogens with zero attached hydrogens (tertiary/aromatic N) is 3. The van der Waals surface area contributed by atoms with Gasteiger partial charge in [0.1, 0.15) is 0 Å². The van der Waals surface area contributed by atoms with Crippen LogP contribution in [0.4, 0.5) is 11.4 Å². The summed E-state index contributed by atoms with van der Waals surface area (Å²) in [5.41, 5.74) is 0.260. The van der Waals surface area contributed by atoms with Crippen molar-refractivity contribution in [3.63, 3.8) is 0 Å². The standard InChI is InChI=1S/C6H5N3O3.Na/c10-8-7-5-1-3-6(4-2-5)9(11)12;/h1-4H,(H,7,10);/q;+1/p-1. The van der Waals surface area contributed by atoms with Gasteiger partial charge in [-0.05, 0) is 12.1 Å². The van der Waals surface area contributed by atoms with Gasteiger partial charge < -0.3 is 5.21 Å². The molecule has 0 saturated heterocycles. The molecule has 62 valence electrons. The maximum atomic E-state index is 10.2. The molecule has 1 rings (SSSR count). The van der Waals surface area contributed by atoms with Crippen molar-refractivity contribution in [1.82, 2.24) is 0 Å². The first-order valence-corrected chi connectivity index (χ1v) is 3.02. The van der Waals surface area contributed by atoms with Gasteiger partial charge in [0.15, 0.2) is 0 Å². The van der Waals surface area contributed by atoms with E-state index >= 15 is 0 Å². The largest absolute Gasteiger partial charge is 1.00 e. The molecule has 1 aromatic carbocycles. The van der Waals surface area contributed by atoms with Crippen molar-refractivity contribution in [2.75, 3.05) is 0 Å². The van der Waals surface area contributed by atoms with Crippen LogP contribution < -0.4 is 29.6 Å². The van der Waals surface area contributed by atoms with Crippen molar-refractivity contribution in [2.45, 2.75) is 0 Å². The van der Waals surface area contributed by atoms with Crippen molar-refractivity contribution < 1.29 is 34.5 Å². The van der Waals surface area contributed by atoms with Crippen LogP contribution in [-0.2, 0) is 0 Å². The minimum absolute atomic E-state index is 0. The zero-order valence-corrected chi connectivity index (χ0v) is 8.88. The van der Waals surface area contributed by atoms with Crippen LogP contribution in [0.25, 0.3) is 0 Å². The molecule has 0 unspecified atom stereocenters. The molecular formula is C6H4N3NaO3. The van der Waals surface area contributed by atoms with Gasteiger partial charge in [0.05, 0.1) is 10.6 Å². The van der Waals surface area contributed by atoms with Gasteiger partial charge in [-0.3, -0.25) is 10.1 Å². The first-order chi connectivity index (χ1) is 5.74. The van der Waals surface area contributed by atoms with Gasteiger partial charge in [-0.15, -0.1) is 0 Å². The maximum absolute atomic E-state index is 10.2. The Morgan fingerprint density at radius 1 is 1.23 bits per heavy atom. The van der Waals surface area contributed by atoms with E-state index in [1.165, 1.54) is 24.3 Å². The van der Waals surface area contributed by atoms with Gasteiger partial charge in [0, 0.05) is 12.1 Å². The maximum Gasteiger partial charge on any atom is 1.00 e. The number of non-ortho nitro benzene ring substituents is 1. The molecule has 0 radical (unpaired) electrons. The predicted molar refractivity (Wildman–Crippen MR) is 41.0 cm³/mol. The van der Waals surface area contributed by atoms with Crippen LogP contribution in [-0.4, -0.2) is 4.92 Å². The number of rotatable bonds is 2. The van der Waals surface area contributed by atoms with E-state index in [0.717, 1.165) is 0 Å². The molecule has 7 heteroatoms. The van der Waals surface area contributed by atoms with Gasteiger partial charge >= 0.3 is 29.6 Å². The van der Waals surface area contributed by atoms with Crippen LogP contribution in [0.5, 0.6) is 0 Å². The molecule has 0 bridgehead atoms. The van der Waals surface area contributed by atoms with E-state index in [4.69, 9.17) is 0 Å². The summed E-state index contributed by atoms with van der Waals surface area (Å²) in [6.45, 7) is 0. The summed E-state index contributed by atoms with van der Waals surface area (Å²) < 4.78 is 0. The second-order valence-electron chi connectivity index (χ2n) is 1.96. The average Bonchev–Trinajstić information content (AvgIpc) is 2.06. The zero-order valence-electron chi connectivity index (χ0n) is 6.88. The summed E-state index contributed by atoms with van der Waals surface area (Å²) in [6.07, 6.45) is 0. The summed E-state index contributed by atoms with van der Waals surface area (Å²) in [7, 11) is 0. The van der Waals surface area contributed by atoms with E-state index in [-0.39, 0.29) is 35.2 Å². The molecule has 0 aliphatic heterocycles. The molecule has 0 atom stereocenters. The quantitative estimate of drug-likeness (QED) is 0.263. The van der Waals surface area contributed by atoms with Gasteiger partial charge in [-0.2, -0.15) is 5.11 Å². The Labute approximate surface area is 95.7 Å². The molecule has 0 aromatic heterocycles. The van der Waals surface area contributed by atoms with Crippen LogP contribution in [0, 0.1) is 15.3 Å². The van der Waals surface area contributed by atoms with E-state index in [2.05, 4.69) is 10.4 Å². The van der Waals surface area contributed by atoms with E-state index in [0.29, 0.717) is 5.69 Å². The normalized spacial score (nSPS) is 9.54. The topological polar surface area (TPSA) is 90.9 Å². The van der Waals surface area contributed by atoms with Crippen molar-refractivity contribution in [1.29, 1.82) is 0 Å². The van der Waals surface area contributed by atoms with Gasteiger partial charge in [0.2, 0.25) is 0 Å². The second kappa shape index (κ2) is 5.63. The summed E-state index contributed by atoms with van der Waals surface area (Å²) >= 11 is 0. The van der Waals surface area contributed by atoms with Crippen molar-refractivity contribution in [3.8, 4) is 0 Å². The molecule has 1 aromatic rings. The molecular weight excluding hydrogens is 185 g/mol. The third kappa shape index (κ3) is 3.49. The fourth-order valence-electron chi connectivity index (χ4n) is 0.688. The fraction of sp³-hybridized carbons (Fsp3) is 0. The van der Waals surface area contributed by atoms with Crippen LogP contribution >= 0.6 is 0 Å². The zero-order chi connectivity index (χ0) is 8.97. The first-order valence-electron chi connectivity index (χ1n) is 3.02. The monoisotopic (exact) mass is 189 g/mol. The molecule has 0 aliphatic carbocycles. The molecule has 0 heterocycles. The number of hydrogen-bond donors (Lipinski definition) is 0. The summed E-state index contributed by atoms with van der Waals surface area (Å²) in [6, 6.07) is 5.20. The Hall–Kier alpha value is -0.980. The predicted octanol–water partition coefficient (Wildman–Crippen LogP) is -0.820. The van der Waals surface area contributed by atoms with Crippen LogP contribution in [0.3, 0.4) is 0 Å². The Morgan fingerprint density at radius 2 is 1.77 bits per heavy atom. The molecule has 0 aliphatic rings. The van der Waals surface area contributed by atoms with Gasteiger partial charge in [0.25, 0.3) is 5.69 Å². The minimum atomic E-state index is -0.530. The molecule has 13 heavy (non-hydrogen) atoms. The van der Waals surface area contributed by atoms with Crippen molar-refractivity contribution in [3.05, 3.63) is 39.6 Å². The third-order valence-electron chi connectivity index (χ3n) is 1.22. The summed E-state index contributed by atoms with van der Waals surface area (Å²) in [5.74, 6) is 0.